The smallest absolute Gasteiger partial charge is 0.231 e. The van der Waals surface area contributed by atoms with Crippen molar-refractivity contribution in [2.75, 3.05) is 5.32 Å². The number of nitrogens with one attached hydrogen (secondary N) is 1. The summed E-state index contributed by atoms with van der Waals surface area (Å²) < 4.78 is 0. The van der Waals surface area contributed by atoms with Gasteiger partial charge in [-0.3, -0.25) is 9.78 Å². The van der Waals surface area contributed by atoms with Gasteiger partial charge in [-0.15, -0.1) is 5.10 Å². The molecule has 1 N–H and O–H groups in total. The quantitative estimate of drug-likeness (QED) is 0.884. The van der Waals surface area contributed by atoms with Gasteiger partial charge in [0.15, 0.2) is 5.82 Å². The molecule has 0 fully saturated rings. The molecule has 2 aromatic heterocycles. The minimum atomic E-state index is -0.146. The first-order valence-electron chi connectivity index (χ1n) is 5.80. The van der Waals surface area contributed by atoms with E-state index in [4.69, 9.17) is 0 Å². The third-order valence-corrected chi connectivity index (χ3v) is 2.42. The summed E-state index contributed by atoms with van der Waals surface area (Å²) in [5.41, 5.74) is 1.63. The molecule has 0 saturated carbocycles. The molecular formula is C13H14N4O. The van der Waals surface area contributed by atoms with E-state index in [1.54, 1.807) is 12.3 Å². The molecule has 0 radical (unpaired) electrons. The number of hydrogen-bond donors (Lipinski definition) is 1. The van der Waals surface area contributed by atoms with Gasteiger partial charge >= 0.3 is 0 Å². The molecule has 0 aliphatic carbocycles. The van der Waals surface area contributed by atoms with Crippen LogP contribution in [0.15, 0.2) is 36.5 Å². The Kier molecular flexibility index (Phi) is 3.96. The van der Waals surface area contributed by atoms with Crippen LogP contribution in [0.1, 0.15) is 18.3 Å². The number of aromatic nitrogens is 3. The molecular weight excluding hydrogens is 228 g/mol. The molecule has 2 heterocycles. The molecule has 0 atom stereocenters. The lowest BCUT2D eigenvalue weighted by molar-refractivity contribution is -0.115. The maximum absolute atomic E-state index is 11.7. The average molecular weight is 242 g/mol. The van der Waals surface area contributed by atoms with Crippen LogP contribution in [0.25, 0.3) is 0 Å². The second-order valence-electron chi connectivity index (χ2n) is 3.81. The summed E-state index contributed by atoms with van der Waals surface area (Å²) >= 11 is 0. The number of aryl methyl sites for hydroxylation is 1. The van der Waals surface area contributed by atoms with E-state index in [2.05, 4.69) is 20.5 Å². The van der Waals surface area contributed by atoms with Gasteiger partial charge in [0, 0.05) is 11.9 Å². The summed E-state index contributed by atoms with van der Waals surface area (Å²) in [6.45, 7) is 2.00. The molecule has 0 aliphatic rings. The Labute approximate surface area is 105 Å². The van der Waals surface area contributed by atoms with Gasteiger partial charge in [-0.05, 0) is 30.7 Å². The van der Waals surface area contributed by atoms with Crippen molar-refractivity contribution < 1.29 is 4.79 Å². The summed E-state index contributed by atoms with van der Waals surface area (Å²) in [6, 6.07) is 9.08. The topological polar surface area (TPSA) is 67.8 Å². The van der Waals surface area contributed by atoms with Crippen LogP contribution in [-0.4, -0.2) is 21.1 Å². The molecule has 1 amide bonds. The molecule has 92 valence electrons. The molecule has 0 spiro atoms. The maximum atomic E-state index is 11.7. The van der Waals surface area contributed by atoms with E-state index in [1.165, 1.54) is 0 Å². The summed E-state index contributed by atoms with van der Waals surface area (Å²) in [7, 11) is 0. The zero-order valence-electron chi connectivity index (χ0n) is 10.1. The van der Waals surface area contributed by atoms with Crippen molar-refractivity contribution in [2.24, 2.45) is 0 Å². The van der Waals surface area contributed by atoms with E-state index >= 15 is 0 Å². The first kappa shape index (κ1) is 12.2. The van der Waals surface area contributed by atoms with Crippen LogP contribution in [-0.2, 0) is 17.6 Å². The largest absolute Gasteiger partial charge is 0.309 e. The van der Waals surface area contributed by atoms with Crippen molar-refractivity contribution in [3.63, 3.8) is 0 Å². The average Bonchev–Trinajstić information content (AvgIpc) is 2.40. The lowest BCUT2D eigenvalue weighted by atomic mass is 10.2. The Hall–Kier alpha value is -2.30. The molecule has 2 rings (SSSR count). The molecule has 5 heteroatoms. The van der Waals surface area contributed by atoms with Gasteiger partial charge < -0.3 is 5.32 Å². The Balaban J connectivity index is 1.94. The second-order valence-corrected chi connectivity index (χ2v) is 3.81. The number of anilines is 1. The highest BCUT2D eigenvalue weighted by atomic mass is 16.1. The minimum Gasteiger partial charge on any atom is -0.309 e. The number of amides is 1. The standard InChI is InChI=1S/C13H14N4O/c1-2-10-6-7-12(17-16-10)15-13(18)9-11-5-3-4-8-14-11/h3-8H,2,9H2,1H3,(H,15,17,18). The number of nitrogens with zero attached hydrogens (tertiary/aromatic N) is 3. The van der Waals surface area contributed by atoms with E-state index in [0.29, 0.717) is 5.82 Å². The van der Waals surface area contributed by atoms with Gasteiger partial charge in [0.2, 0.25) is 5.91 Å². The van der Waals surface area contributed by atoms with Crippen LogP contribution in [0.3, 0.4) is 0 Å². The lowest BCUT2D eigenvalue weighted by Crippen LogP contribution is -2.16. The highest BCUT2D eigenvalue weighted by Gasteiger charge is 2.05. The monoisotopic (exact) mass is 242 g/mol. The molecule has 18 heavy (non-hydrogen) atoms. The van der Waals surface area contributed by atoms with E-state index in [-0.39, 0.29) is 12.3 Å². The predicted octanol–water partition coefficient (Wildman–Crippen LogP) is 1.62. The Morgan fingerprint density at radius 3 is 2.67 bits per heavy atom. The van der Waals surface area contributed by atoms with Crippen LogP contribution in [0.5, 0.6) is 0 Å². The molecule has 0 unspecified atom stereocenters. The Bertz CT molecular complexity index is 510. The number of carbonyl (C=O) groups is 1. The van der Waals surface area contributed by atoms with Crippen molar-refractivity contribution >= 4 is 11.7 Å². The maximum Gasteiger partial charge on any atom is 0.231 e. The number of carbonyl (C=O) groups excluding carboxylic acids is 1. The van der Waals surface area contributed by atoms with E-state index < -0.39 is 0 Å². The fourth-order valence-corrected chi connectivity index (χ4v) is 1.47. The molecule has 0 saturated heterocycles. The third kappa shape index (κ3) is 3.35. The van der Waals surface area contributed by atoms with Gasteiger partial charge in [-0.25, -0.2) is 0 Å². The number of hydrogen-bond acceptors (Lipinski definition) is 4. The molecule has 2 aromatic rings. The van der Waals surface area contributed by atoms with Crippen LogP contribution in [0.2, 0.25) is 0 Å². The third-order valence-electron chi connectivity index (χ3n) is 2.42. The normalized spacial score (nSPS) is 10.1. The highest BCUT2D eigenvalue weighted by Crippen LogP contribution is 2.04. The summed E-state index contributed by atoms with van der Waals surface area (Å²) in [6.07, 6.45) is 2.73. The molecule has 5 nitrogen and oxygen atoms in total. The van der Waals surface area contributed by atoms with Crippen LogP contribution in [0, 0.1) is 0 Å². The summed E-state index contributed by atoms with van der Waals surface area (Å²) in [5, 5.41) is 10.6. The Morgan fingerprint density at radius 1 is 1.17 bits per heavy atom. The van der Waals surface area contributed by atoms with Crippen LogP contribution >= 0.6 is 0 Å². The SMILES string of the molecule is CCc1ccc(NC(=O)Cc2ccccn2)nn1. The van der Waals surface area contributed by atoms with Crippen LogP contribution < -0.4 is 5.32 Å². The number of pyridine rings is 1. The molecule has 0 aromatic carbocycles. The lowest BCUT2D eigenvalue weighted by Gasteiger charge is -2.03. The zero-order chi connectivity index (χ0) is 12.8. The fourth-order valence-electron chi connectivity index (χ4n) is 1.47. The van der Waals surface area contributed by atoms with Gasteiger partial charge in [0.1, 0.15) is 0 Å². The molecule has 0 aliphatic heterocycles. The minimum absolute atomic E-state index is 0.146. The van der Waals surface area contributed by atoms with Crippen molar-refractivity contribution in [3.05, 3.63) is 47.9 Å². The second kappa shape index (κ2) is 5.86. The van der Waals surface area contributed by atoms with Crippen molar-refractivity contribution in [1.29, 1.82) is 0 Å². The summed E-state index contributed by atoms with van der Waals surface area (Å²) in [5.74, 6) is 0.320. The van der Waals surface area contributed by atoms with Crippen molar-refractivity contribution in [2.45, 2.75) is 19.8 Å². The van der Waals surface area contributed by atoms with Crippen molar-refractivity contribution in [1.82, 2.24) is 15.2 Å². The van der Waals surface area contributed by atoms with Gasteiger partial charge in [0.25, 0.3) is 0 Å². The van der Waals surface area contributed by atoms with Gasteiger partial charge in [0.05, 0.1) is 12.1 Å². The molecule has 0 bridgehead atoms. The van der Waals surface area contributed by atoms with Crippen LogP contribution in [0.4, 0.5) is 5.82 Å². The van der Waals surface area contributed by atoms with Gasteiger partial charge in [-0.1, -0.05) is 13.0 Å². The Morgan fingerprint density at radius 2 is 2.06 bits per heavy atom. The van der Waals surface area contributed by atoms with E-state index in [0.717, 1.165) is 17.8 Å². The zero-order valence-corrected chi connectivity index (χ0v) is 10.1. The predicted molar refractivity (Wildman–Crippen MR) is 68.0 cm³/mol. The van der Waals surface area contributed by atoms with Crippen molar-refractivity contribution in [3.8, 4) is 0 Å². The first-order chi connectivity index (χ1) is 8.78. The summed E-state index contributed by atoms with van der Waals surface area (Å²) in [4.78, 5) is 15.8. The van der Waals surface area contributed by atoms with Gasteiger partial charge in [-0.2, -0.15) is 5.10 Å². The highest BCUT2D eigenvalue weighted by molar-refractivity contribution is 5.90. The fraction of sp³-hybridized carbons (Fsp3) is 0.231. The number of rotatable bonds is 4. The van der Waals surface area contributed by atoms with E-state index in [1.807, 2.05) is 31.2 Å². The first-order valence-corrected chi connectivity index (χ1v) is 5.80. The van der Waals surface area contributed by atoms with E-state index in [9.17, 15) is 4.79 Å².